The lowest BCUT2D eigenvalue weighted by Crippen LogP contribution is -2.31. The lowest BCUT2D eigenvalue weighted by molar-refractivity contribution is -0.118. The standard InChI is InChI=1S/C29H34N4O/c1-32(2)27-16-19-33(21-27)26-14-12-24(13-15-26)30-20-22-8-10-25(11-9-22)31-28(34)29(17-18-29)23-6-4-3-5-7-23/h3-15,27,30H,16-21H2,1-2H3,(H,31,34). The minimum atomic E-state index is -0.351. The highest BCUT2D eigenvalue weighted by atomic mass is 16.2. The molecule has 2 N–H and O–H groups in total. The zero-order valence-electron chi connectivity index (χ0n) is 20.1. The van der Waals surface area contributed by atoms with Gasteiger partial charge >= 0.3 is 0 Å². The van der Waals surface area contributed by atoms with Gasteiger partial charge in [-0.2, -0.15) is 0 Å². The van der Waals surface area contributed by atoms with Gasteiger partial charge in [0.1, 0.15) is 0 Å². The van der Waals surface area contributed by atoms with E-state index < -0.39 is 0 Å². The summed E-state index contributed by atoms with van der Waals surface area (Å²) in [5.74, 6) is 0.0968. The summed E-state index contributed by atoms with van der Waals surface area (Å²) in [4.78, 5) is 17.7. The fourth-order valence-corrected chi connectivity index (χ4v) is 4.88. The van der Waals surface area contributed by atoms with Gasteiger partial charge in [-0.1, -0.05) is 42.5 Å². The molecule has 5 heteroatoms. The maximum atomic E-state index is 12.9. The van der Waals surface area contributed by atoms with Crippen molar-refractivity contribution in [2.24, 2.45) is 0 Å². The van der Waals surface area contributed by atoms with Crippen LogP contribution in [0.5, 0.6) is 0 Å². The quantitative estimate of drug-likeness (QED) is 0.497. The first-order valence-corrected chi connectivity index (χ1v) is 12.2. The van der Waals surface area contributed by atoms with Crippen LogP contribution in [-0.2, 0) is 16.8 Å². The molecule has 1 aliphatic carbocycles. The number of benzene rings is 3. The van der Waals surface area contributed by atoms with Crippen LogP contribution in [0.2, 0.25) is 0 Å². The summed E-state index contributed by atoms with van der Waals surface area (Å²) < 4.78 is 0. The first-order chi connectivity index (χ1) is 16.5. The predicted molar refractivity (Wildman–Crippen MR) is 140 cm³/mol. The van der Waals surface area contributed by atoms with E-state index in [9.17, 15) is 4.79 Å². The number of nitrogens with one attached hydrogen (secondary N) is 2. The van der Waals surface area contributed by atoms with Crippen molar-refractivity contribution in [2.75, 3.05) is 42.7 Å². The molecule has 176 valence electrons. The summed E-state index contributed by atoms with van der Waals surface area (Å²) in [6, 6.07) is 27.6. The Morgan fingerprint density at radius 3 is 2.24 bits per heavy atom. The normalized spacial score (nSPS) is 18.7. The lowest BCUT2D eigenvalue weighted by atomic mass is 9.95. The average molecular weight is 455 g/mol. The van der Waals surface area contributed by atoms with Gasteiger partial charge in [-0.05, 0) is 80.9 Å². The first kappa shape index (κ1) is 22.5. The monoisotopic (exact) mass is 454 g/mol. The average Bonchev–Trinajstić information content (AvgIpc) is 3.54. The van der Waals surface area contributed by atoms with Crippen molar-refractivity contribution < 1.29 is 4.79 Å². The number of likely N-dealkylation sites (N-methyl/N-ethyl adjacent to an activating group) is 1. The molecule has 34 heavy (non-hydrogen) atoms. The Balaban J connectivity index is 1.13. The van der Waals surface area contributed by atoms with Crippen LogP contribution >= 0.6 is 0 Å². The highest BCUT2D eigenvalue weighted by Gasteiger charge is 2.51. The number of rotatable bonds is 8. The zero-order chi connectivity index (χ0) is 23.5. The van der Waals surface area contributed by atoms with E-state index in [1.807, 2.05) is 30.3 Å². The van der Waals surface area contributed by atoms with E-state index in [1.54, 1.807) is 0 Å². The molecule has 1 unspecified atom stereocenters. The van der Waals surface area contributed by atoms with Crippen LogP contribution in [0, 0.1) is 0 Å². The van der Waals surface area contributed by atoms with Crippen LogP contribution in [0.4, 0.5) is 17.1 Å². The van der Waals surface area contributed by atoms with Crippen molar-refractivity contribution in [1.82, 2.24) is 4.90 Å². The van der Waals surface area contributed by atoms with Crippen LogP contribution in [0.3, 0.4) is 0 Å². The zero-order valence-corrected chi connectivity index (χ0v) is 20.1. The predicted octanol–water partition coefficient (Wildman–Crippen LogP) is 5.11. The van der Waals surface area contributed by atoms with Crippen molar-refractivity contribution >= 4 is 23.0 Å². The Bertz CT molecular complexity index is 1110. The topological polar surface area (TPSA) is 47.6 Å². The minimum absolute atomic E-state index is 0.0968. The molecule has 1 amide bonds. The van der Waals surface area contributed by atoms with E-state index >= 15 is 0 Å². The van der Waals surface area contributed by atoms with E-state index in [0.717, 1.165) is 49.4 Å². The van der Waals surface area contributed by atoms with Crippen LogP contribution in [0.15, 0.2) is 78.9 Å². The molecular weight excluding hydrogens is 420 g/mol. The van der Waals surface area contributed by atoms with Gasteiger partial charge in [-0.15, -0.1) is 0 Å². The first-order valence-electron chi connectivity index (χ1n) is 12.2. The van der Waals surface area contributed by atoms with Crippen molar-refractivity contribution in [3.63, 3.8) is 0 Å². The second-order valence-corrected chi connectivity index (χ2v) is 9.85. The molecule has 3 aromatic carbocycles. The van der Waals surface area contributed by atoms with Gasteiger partial charge in [0, 0.05) is 42.7 Å². The summed E-state index contributed by atoms with van der Waals surface area (Å²) in [5.41, 5.74) is 5.20. The summed E-state index contributed by atoms with van der Waals surface area (Å²) in [6.07, 6.45) is 3.05. The third kappa shape index (κ3) is 4.80. The molecule has 2 fully saturated rings. The lowest BCUT2D eigenvalue weighted by Gasteiger charge is -2.22. The number of carbonyl (C=O) groups excluding carboxylic acids is 1. The van der Waals surface area contributed by atoms with Crippen molar-refractivity contribution in [2.45, 2.75) is 37.3 Å². The Labute approximate surface area is 202 Å². The largest absolute Gasteiger partial charge is 0.381 e. The van der Waals surface area contributed by atoms with Crippen LogP contribution < -0.4 is 15.5 Å². The third-order valence-electron chi connectivity index (χ3n) is 7.35. The van der Waals surface area contributed by atoms with Gasteiger partial charge in [-0.3, -0.25) is 4.79 Å². The highest BCUT2D eigenvalue weighted by molar-refractivity contribution is 6.01. The van der Waals surface area contributed by atoms with E-state index in [4.69, 9.17) is 0 Å². The maximum Gasteiger partial charge on any atom is 0.235 e. The van der Waals surface area contributed by atoms with Crippen LogP contribution in [0.1, 0.15) is 30.4 Å². The number of hydrogen-bond acceptors (Lipinski definition) is 4. The maximum absolute atomic E-state index is 12.9. The number of carbonyl (C=O) groups is 1. The third-order valence-corrected chi connectivity index (χ3v) is 7.35. The highest BCUT2D eigenvalue weighted by Crippen LogP contribution is 2.48. The molecule has 5 nitrogen and oxygen atoms in total. The molecule has 5 rings (SSSR count). The van der Waals surface area contributed by atoms with Crippen LogP contribution in [-0.4, -0.2) is 44.0 Å². The van der Waals surface area contributed by atoms with Crippen molar-refractivity contribution in [3.05, 3.63) is 90.0 Å². The molecule has 2 aliphatic rings. The number of amides is 1. The minimum Gasteiger partial charge on any atom is -0.381 e. The van der Waals surface area contributed by atoms with Crippen LogP contribution in [0.25, 0.3) is 0 Å². The molecule has 1 heterocycles. The fraction of sp³-hybridized carbons (Fsp3) is 0.345. The summed E-state index contributed by atoms with van der Waals surface area (Å²) in [7, 11) is 4.33. The second kappa shape index (κ2) is 9.51. The Kier molecular flexibility index (Phi) is 6.29. The van der Waals surface area contributed by atoms with E-state index in [2.05, 4.69) is 83.1 Å². The van der Waals surface area contributed by atoms with E-state index in [-0.39, 0.29) is 11.3 Å². The molecule has 0 radical (unpaired) electrons. The Hall–Kier alpha value is -3.31. The molecule has 0 spiro atoms. The van der Waals surface area contributed by atoms with Crippen molar-refractivity contribution in [3.8, 4) is 0 Å². The van der Waals surface area contributed by atoms with Gasteiger partial charge in [0.2, 0.25) is 5.91 Å². The van der Waals surface area contributed by atoms with Crippen molar-refractivity contribution in [1.29, 1.82) is 0 Å². The number of hydrogen-bond donors (Lipinski definition) is 2. The second-order valence-electron chi connectivity index (χ2n) is 9.85. The molecule has 1 saturated carbocycles. The summed E-state index contributed by atoms with van der Waals surface area (Å²) >= 11 is 0. The molecule has 1 saturated heterocycles. The Morgan fingerprint density at radius 2 is 1.62 bits per heavy atom. The summed E-state index contributed by atoms with van der Waals surface area (Å²) in [5, 5.41) is 6.63. The summed E-state index contributed by atoms with van der Waals surface area (Å²) in [6.45, 7) is 2.95. The SMILES string of the molecule is CN(C)C1CCN(c2ccc(NCc3ccc(NC(=O)C4(c5ccccc5)CC4)cc3)cc2)C1. The Morgan fingerprint density at radius 1 is 0.941 bits per heavy atom. The molecular formula is C29H34N4O. The molecule has 3 aromatic rings. The number of nitrogens with zero attached hydrogens (tertiary/aromatic N) is 2. The molecule has 1 aliphatic heterocycles. The van der Waals surface area contributed by atoms with Gasteiger partial charge < -0.3 is 20.4 Å². The van der Waals surface area contributed by atoms with Gasteiger partial charge in [0.25, 0.3) is 0 Å². The molecule has 1 atom stereocenters. The molecule has 0 bridgehead atoms. The van der Waals surface area contributed by atoms with E-state index in [1.165, 1.54) is 17.7 Å². The van der Waals surface area contributed by atoms with Gasteiger partial charge in [-0.25, -0.2) is 0 Å². The fourth-order valence-electron chi connectivity index (χ4n) is 4.88. The van der Waals surface area contributed by atoms with Gasteiger partial charge in [0.15, 0.2) is 0 Å². The van der Waals surface area contributed by atoms with E-state index in [0.29, 0.717) is 6.04 Å². The van der Waals surface area contributed by atoms with Gasteiger partial charge in [0.05, 0.1) is 5.41 Å². The molecule has 0 aromatic heterocycles. The number of anilines is 3. The smallest absolute Gasteiger partial charge is 0.235 e.